The highest BCUT2D eigenvalue weighted by Gasteiger charge is 2.33. The number of likely N-dealkylation sites (tertiary alicyclic amines) is 1. The Kier molecular flexibility index (Phi) is 5.05. The standard InChI is InChI=1S/C20H27N3O/c1-4-16-9-5-8-15(2)20(16)21-19(24)14-23-13-7-11-18(23)17-10-6-12-22(17)3/h5-6,8-10,12,18H,4,7,11,13-14H2,1-3H3,(H,21,24)/p+1/t18-/m1/s1. The van der Waals surface area contributed by atoms with Gasteiger partial charge >= 0.3 is 0 Å². The molecule has 2 atom stereocenters. The summed E-state index contributed by atoms with van der Waals surface area (Å²) in [6.45, 7) is 5.79. The van der Waals surface area contributed by atoms with Crippen LogP contribution in [0.1, 0.15) is 42.6 Å². The molecule has 1 aliphatic heterocycles. The monoisotopic (exact) mass is 326 g/mol. The quantitative estimate of drug-likeness (QED) is 0.869. The van der Waals surface area contributed by atoms with Gasteiger partial charge in [0, 0.05) is 31.8 Å². The van der Waals surface area contributed by atoms with E-state index in [9.17, 15) is 4.79 Å². The first-order valence-electron chi connectivity index (χ1n) is 8.94. The van der Waals surface area contributed by atoms with Crippen LogP contribution in [-0.2, 0) is 18.3 Å². The van der Waals surface area contributed by atoms with Gasteiger partial charge in [-0.15, -0.1) is 0 Å². The average Bonchev–Trinajstić information content (AvgIpc) is 3.17. The lowest BCUT2D eigenvalue weighted by molar-refractivity contribution is -0.910. The molecule has 3 rings (SSSR count). The maximum atomic E-state index is 12.7. The highest BCUT2D eigenvalue weighted by molar-refractivity contribution is 5.93. The van der Waals surface area contributed by atoms with Crippen molar-refractivity contribution in [2.24, 2.45) is 7.05 Å². The molecule has 0 bridgehead atoms. The molecule has 4 nitrogen and oxygen atoms in total. The highest BCUT2D eigenvalue weighted by Crippen LogP contribution is 2.21. The lowest BCUT2D eigenvalue weighted by atomic mass is 10.1. The van der Waals surface area contributed by atoms with E-state index in [1.807, 2.05) is 0 Å². The molecule has 24 heavy (non-hydrogen) atoms. The average molecular weight is 326 g/mol. The van der Waals surface area contributed by atoms with Crippen molar-refractivity contribution in [3.05, 3.63) is 53.3 Å². The van der Waals surface area contributed by atoms with Gasteiger partial charge in [0.1, 0.15) is 6.04 Å². The number of anilines is 1. The summed E-state index contributed by atoms with van der Waals surface area (Å²) in [5.41, 5.74) is 4.68. The SMILES string of the molecule is CCc1cccc(C)c1NC(=O)C[NH+]1CCC[C@@H]1c1cccn1C. The number of rotatable bonds is 5. The van der Waals surface area contributed by atoms with E-state index in [1.54, 1.807) is 0 Å². The van der Waals surface area contributed by atoms with Crippen molar-refractivity contribution < 1.29 is 9.69 Å². The van der Waals surface area contributed by atoms with Crippen molar-refractivity contribution >= 4 is 11.6 Å². The van der Waals surface area contributed by atoms with Crippen LogP contribution >= 0.6 is 0 Å². The number of carbonyl (C=O) groups excluding carboxylic acids is 1. The molecule has 2 aromatic rings. The van der Waals surface area contributed by atoms with Crippen LogP contribution in [-0.4, -0.2) is 23.6 Å². The molecular weight excluding hydrogens is 298 g/mol. The Morgan fingerprint density at radius 1 is 1.33 bits per heavy atom. The smallest absolute Gasteiger partial charge is 0.279 e. The second-order valence-electron chi connectivity index (χ2n) is 6.83. The molecule has 2 N–H and O–H groups in total. The second-order valence-corrected chi connectivity index (χ2v) is 6.83. The first-order chi connectivity index (χ1) is 11.6. The fourth-order valence-electron chi connectivity index (χ4n) is 3.91. The summed E-state index contributed by atoms with van der Waals surface area (Å²) in [5, 5.41) is 3.17. The first-order valence-corrected chi connectivity index (χ1v) is 8.94. The minimum Gasteiger partial charge on any atom is -0.350 e. The Balaban J connectivity index is 1.70. The maximum absolute atomic E-state index is 12.7. The van der Waals surface area contributed by atoms with Gasteiger partial charge in [0.2, 0.25) is 0 Å². The lowest BCUT2D eigenvalue weighted by Crippen LogP contribution is -3.11. The topological polar surface area (TPSA) is 38.5 Å². The number of para-hydroxylation sites is 1. The van der Waals surface area contributed by atoms with Crippen molar-refractivity contribution in [3.8, 4) is 0 Å². The summed E-state index contributed by atoms with van der Waals surface area (Å²) in [6, 6.07) is 10.9. The third-order valence-electron chi connectivity index (χ3n) is 5.22. The number of quaternary nitrogens is 1. The van der Waals surface area contributed by atoms with Gasteiger partial charge in [-0.25, -0.2) is 0 Å². The van der Waals surface area contributed by atoms with Crippen LogP contribution in [0.4, 0.5) is 5.69 Å². The number of nitrogens with one attached hydrogen (secondary N) is 2. The Hall–Kier alpha value is -2.07. The number of nitrogens with zero attached hydrogens (tertiary/aromatic N) is 1. The Labute approximate surface area is 144 Å². The molecule has 0 saturated carbocycles. The van der Waals surface area contributed by atoms with Gasteiger partial charge in [-0.05, 0) is 36.6 Å². The van der Waals surface area contributed by atoms with E-state index in [1.165, 1.54) is 22.6 Å². The van der Waals surface area contributed by atoms with Crippen molar-refractivity contribution in [3.63, 3.8) is 0 Å². The number of aryl methyl sites for hydroxylation is 3. The van der Waals surface area contributed by atoms with E-state index in [0.29, 0.717) is 12.6 Å². The van der Waals surface area contributed by atoms with E-state index < -0.39 is 0 Å². The number of aromatic nitrogens is 1. The minimum atomic E-state index is 0.120. The fourth-order valence-corrected chi connectivity index (χ4v) is 3.91. The van der Waals surface area contributed by atoms with Crippen LogP contribution in [0.25, 0.3) is 0 Å². The van der Waals surface area contributed by atoms with E-state index in [2.05, 4.69) is 67.3 Å². The normalized spacial score (nSPS) is 20.3. The zero-order valence-electron chi connectivity index (χ0n) is 14.9. The summed E-state index contributed by atoms with van der Waals surface area (Å²) in [6.07, 6.45) is 5.36. The zero-order chi connectivity index (χ0) is 17.1. The predicted octanol–water partition coefficient (Wildman–Crippen LogP) is 2.25. The van der Waals surface area contributed by atoms with Gasteiger partial charge in [-0.1, -0.05) is 25.1 Å². The van der Waals surface area contributed by atoms with Crippen LogP contribution in [0.2, 0.25) is 0 Å². The maximum Gasteiger partial charge on any atom is 0.279 e. The summed E-state index contributed by atoms with van der Waals surface area (Å²) in [4.78, 5) is 14.0. The third-order valence-corrected chi connectivity index (χ3v) is 5.22. The third kappa shape index (κ3) is 3.39. The van der Waals surface area contributed by atoms with Crippen molar-refractivity contribution in [1.82, 2.24) is 4.57 Å². The van der Waals surface area contributed by atoms with E-state index in [0.717, 1.165) is 30.6 Å². The van der Waals surface area contributed by atoms with E-state index in [-0.39, 0.29) is 5.91 Å². The summed E-state index contributed by atoms with van der Waals surface area (Å²) < 4.78 is 2.18. The largest absolute Gasteiger partial charge is 0.350 e. The molecule has 1 aliphatic rings. The van der Waals surface area contributed by atoms with Gasteiger partial charge < -0.3 is 14.8 Å². The minimum absolute atomic E-state index is 0.120. The van der Waals surface area contributed by atoms with Gasteiger partial charge in [0.05, 0.1) is 12.2 Å². The molecular formula is C20H28N3O+. The Morgan fingerprint density at radius 2 is 2.17 bits per heavy atom. The molecule has 1 fully saturated rings. The lowest BCUT2D eigenvalue weighted by Gasteiger charge is -2.22. The van der Waals surface area contributed by atoms with Gasteiger partial charge in [0.15, 0.2) is 6.54 Å². The predicted molar refractivity (Wildman–Crippen MR) is 97.3 cm³/mol. The van der Waals surface area contributed by atoms with Crippen molar-refractivity contribution in [2.75, 3.05) is 18.4 Å². The van der Waals surface area contributed by atoms with Crippen molar-refractivity contribution in [1.29, 1.82) is 0 Å². The molecule has 1 aromatic carbocycles. The summed E-state index contributed by atoms with van der Waals surface area (Å²) >= 11 is 0. The van der Waals surface area contributed by atoms with Crippen LogP contribution in [0, 0.1) is 6.92 Å². The van der Waals surface area contributed by atoms with Crippen LogP contribution in [0.15, 0.2) is 36.5 Å². The van der Waals surface area contributed by atoms with Gasteiger partial charge in [0.25, 0.3) is 5.91 Å². The molecule has 0 radical (unpaired) electrons. The number of hydrogen-bond donors (Lipinski definition) is 2. The number of amides is 1. The van der Waals surface area contributed by atoms with Crippen LogP contribution in [0.3, 0.4) is 0 Å². The number of carbonyl (C=O) groups is 1. The molecule has 128 valence electrons. The molecule has 0 aliphatic carbocycles. The van der Waals surface area contributed by atoms with E-state index >= 15 is 0 Å². The molecule has 0 spiro atoms. The second kappa shape index (κ2) is 7.22. The highest BCUT2D eigenvalue weighted by atomic mass is 16.2. The summed E-state index contributed by atoms with van der Waals surface area (Å²) in [5.74, 6) is 0.120. The molecule has 1 unspecified atom stereocenters. The fraction of sp³-hybridized carbons (Fsp3) is 0.450. The van der Waals surface area contributed by atoms with Crippen molar-refractivity contribution in [2.45, 2.75) is 39.2 Å². The Morgan fingerprint density at radius 3 is 2.88 bits per heavy atom. The molecule has 4 heteroatoms. The molecule has 1 aromatic heterocycles. The summed E-state index contributed by atoms with van der Waals surface area (Å²) in [7, 11) is 2.09. The number of benzene rings is 1. The zero-order valence-corrected chi connectivity index (χ0v) is 14.9. The van der Waals surface area contributed by atoms with Crippen LogP contribution < -0.4 is 10.2 Å². The first kappa shape index (κ1) is 16.8. The van der Waals surface area contributed by atoms with Crippen LogP contribution in [0.5, 0.6) is 0 Å². The molecule has 1 amide bonds. The van der Waals surface area contributed by atoms with E-state index in [4.69, 9.17) is 0 Å². The molecule has 1 saturated heterocycles. The Bertz CT molecular complexity index is 719. The van der Waals surface area contributed by atoms with Gasteiger partial charge in [-0.3, -0.25) is 4.79 Å². The van der Waals surface area contributed by atoms with Gasteiger partial charge in [-0.2, -0.15) is 0 Å². The molecule has 2 heterocycles. The number of hydrogen-bond acceptors (Lipinski definition) is 1.